The van der Waals surface area contributed by atoms with Crippen LogP contribution in [0.3, 0.4) is 0 Å². The lowest BCUT2D eigenvalue weighted by Crippen LogP contribution is -2.31. The molecule has 0 bridgehead atoms. The zero-order valence-electron chi connectivity index (χ0n) is 7.24. The van der Waals surface area contributed by atoms with Crippen LogP contribution >= 0.6 is 15.9 Å². The zero-order chi connectivity index (χ0) is 10.3. The van der Waals surface area contributed by atoms with Gasteiger partial charge in [-0.05, 0) is 28.4 Å². The number of halogens is 1. The first-order chi connectivity index (χ1) is 6.58. The number of pyridine rings is 1. The van der Waals surface area contributed by atoms with Crippen molar-refractivity contribution in [1.29, 1.82) is 0 Å². The Labute approximate surface area is 87.1 Å². The number of aromatic nitrogens is 3. The molecule has 5 nitrogen and oxygen atoms in total. The molecule has 2 aromatic rings. The standard InChI is InChI=1S/C8H6BrN3O2/c1-4-2-6(13)10-8-7(4)5(9)3-12(14)11-8/h2-3H,1H3,(H,10,11,13). The predicted molar refractivity (Wildman–Crippen MR) is 53.8 cm³/mol. The fraction of sp³-hybridized carbons (Fsp3) is 0.125. The van der Waals surface area contributed by atoms with Gasteiger partial charge in [-0.3, -0.25) is 4.79 Å². The van der Waals surface area contributed by atoms with Gasteiger partial charge in [0.25, 0.3) is 0 Å². The molecule has 0 saturated heterocycles. The summed E-state index contributed by atoms with van der Waals surface area (Å²) in [7, 11) is 0. The molecule has 0 aliphatic carbocycles. The van der Waals surface area contributed by atoms with E-state index in [1.54, 1.807) is 6.92 Å². The molecule has 0 aliphatic heterocycles. The van der Waals surface area contributed by atoms with Crippen molar-refractivity contribution < 1.29 is 4.85 Å². The summed E-state index contributed by atoms with van der Waals surface area (Å²) in [6.45, 7) is 1.79. The summed E-state index contributed by atoms with van der Waals surface area (Å²) in [5, 5.41) is 15.4. The number of nitrogens with zero attached hydrogens (tertiary/aromatic N) is 2. The van der Waals surface area contributed by atoms with E-state index in [1.807, 2.05) is 0 Å². The second kappa shape index (κ2) is 3.06. The van der Waals surface area contributed by atoms with Crippen LogP contribution in [0, 0.1) is 12.1 Å². The Morgan fingerprint density at radius 2 is 2.36 bits per heavy atom. The van der Waals surface area contributed by atoms with E-state index >= 15 is 0 Å². The average Bonchev–Trinajstić information content (AvgIpc) is 1.99. The van der Waals surface area contributed by atoms with Gasteiger partial charge in [0.1, 0.15) is 0 Å². The molecule has 0 atom stereocenters. The molecule has 0 amide bonds. The minimum Gasteiger partial charge on any atom is -0.594 e. The molecule has 0 spiro atoms. The van der Waals surface area contributed by atoms with E-state index in [9.17, 15) is 10.0 Å². The molecule has 1 N–H and O–H groups in total. The Bertz CT molecular complexity index is 564. The second-order valence-corrected chi connectivity index (χ2v) is 3.77. The topological polar surface area (TPSA) is 72.7 Å². The Hall–Kier alpha value is -1.43. The summed E-state index contributed by atoms with van der Waals surface area (Å²) in [4.78, 5) is 14.0. The quantitative estimate of drug-likeness (QED) is 0.555. The molecular formula is C8H6BrN3O2. The minimum absolute atomic E-state index is 0.263. The highest BCUT2D eigenvalue weighted by Crippen LogP contribution is 2.20. The van der Waals surface area contributed by atoms with Gasteiger partial charge in [0.2, 0.25) is 17.4 Å². The molecule has 0 saturated carbocycles. The molecular weight excluding hydrogens is 250 g/mol. The third-order valence-corrected chi connectivity index (χ3v) is 2.48. The van der Waals surface area contributed by atoms with Crippen LogP contribution in [0.5, 0.6) is 0 Å². The lowest BCUT2D eigenvalue weighted by atomic mass is 10.2. The summed E-state index contributed by atoms with van der Waals surface area (Å²) >= 11 is 3.24. The molecule has 0 aliphatic rings. The van der Waals surface area contributed by atoms with Gasteiger partial charge in [-0.1, -0.05) is 4.85 Å². The number of fused-ring (bicyclic) bond motifs is 1. The van der Waals surface area contributed by atoms with Crippen LogP contribution in [-0.4, -0.2) is 10.1 Å². The van der Waals surface area contributed by atoms with Gasteiger partial charge < -0.3 is 10.2 Å². The normalized spacial score (nSPS) is 10.7. The van der Waals surface area contributed by atoms with E-state index in [0.717, 1.165) is 10.9 Å². The Kier molecular flexibility index (Phi) is 1.99. The maximum Gasteiger partial charge on any atom is 0.249 e. The third-order valence-electron chi connectivity index (χ3n) is 1.88. The first-order valence-electron chi connectivity index (χ1n) is 3.87. The summed E-state index contributed by atoms with van der Waals surface area (Å²) in [6.07, 6.45) is 1.30. The van der Waals surface area contributed by atoms with Crippen molar-refractivity contribution >= 4 is 27.0 Å². The number of hydrogen-bond donors (Lipinski definition) is 1. The number of H-pyrrole nitrogens is 1. The highest BCUT2D eigenvalue weighted by atomic mass is 79.9. The fourth-order valence-corrected chi connectivity index (χ4v) is 2.01. The van der Waals surface area contributed by atoms with E-state index in [1.165, 1.54) is 12.3 Å². The van der Waals surface area contributed by atoms with Crippen LogP contribution in [0.25, 0.3) is 11.0 Å². The van der Waals surface area contributed by atoms with E-state index in [4.69, 9.17) is 0 Å². The Balaban J connectivity index is 3.01. The first-order valence-corrected chi connectivity index (χ1v) is 4.67. The molecule has 0 fully saturated rings. The molecule has 2 rings (SSSR count). The number of aromatic amines is 1. The number of hydrogen-bond acceptors (Lipinski definition) is 3. The molecule has 6 heteroatoms. The van der Waals surface area contributed by atoms with Crippen molar-refractivity contribution in [2.45, 2.75) is 6.92 Å². The van der Waals surface area contributed by atoms with Gasteiger partial charge >= 0.3 is 0 Å². The number of rotatable bonds is 0. The summed E-state index contributed by atoms with van der Waals surface area (Å²) in [6, 6.07) is 1.46. The van der Waals surface area contributed by atoms with Crippen molar-refractivity contribution in [3.63, 3.8) is 0 Å². The van der Waals surface area contributed by atoms with Crippen LogP contribution < -0.4 is 10.4 Å². The van der Waals surface area contributed by atoms with Crippen LogP contribution in [0.4, 0.5) is 0 Å². The lowest BCUT2D eigenvalue weighted by molar-refractivity contribution is -0.667. The highest BCUT2D eigenvalue weighted by molar-refractivity contribution is 9.10. The van der Waals surface area contributed by atoms with Crippen LogP contribution in [0.1, 0.15) is 5.56 Å². The van der Waals surface area contributed by atoms with Gasteiger partial charge in [0.05, 0.1) is 4.47 Å². The summed E-state index contributed by atoms with van der Waals surface area (Å²) < 4.78 is 0.617. The van der Waals surface area contributed by atoms with Crippen LogP contribution in [0.2, 0.25) is 0 Å². The Morgan fingerprint density at radius 3 is 3.07 bits per heavy atom. The highest BCUT2D eigenvalue weighted by Gasteiger charge is 2.09. The first kappa shape index (κ1) is 9.14. The van der Waals surface area contributed by atoms with Crippen LogP contribution in [0.15, 0.2) is 21.5 Å². The molecule has 0 unspecified atom stereocenters. The number of nitrogens with one attached hydrogen (secondary N) is 1. The van der Waals surface area contributed by atoms with Gasteiger partial charge in [-0.15, -0.1) is 0 Å². The van der Waals surface area contributed by atoms with Crippen molar-refractivity contribution in [2.24, 2.45) is 0 Å². The fourth-order valence-electron chi connectivity index (χ4n) is 1.34. The van der Waals surface area contributed by atoms with E-state index in [-0.39, 0.29) is 5.56 Å². The van der Waals surface area contributed by atoms with Gasteiger partial charge in [-0.25, -0.2) is 0 Å². The Morgan fingerprint density at radius 1 is 1.64 bits per heavy atom. The largest absolute Gasteiger partial charge is 0.594 e. The molecule has 2 aromatic heterocycles. The van der Waals surface area contributed by atoms with E-state index < -0.39 is 0 Å². The van der Waals surface area contributed by atoms with Crippen molar-refractivity contribution in [3.8, 4) is 0 Å². The lowest BCUT2D eigenvalue weighted by Gasteiger charge is -2.01. The molecule has 0 aromatic carbocycles. The SMILES string of the molecule is Cc1cc(=O)[nH]c2n[n+]([O-])cc(Br)c12. The molecule has 2 heterocycles. The van der Waals surface area contributed by atoms with Crippen molar-refractivity contribution in [3.05, 3.63) is 37.9 Å². The third kappa shape index (κ3) is 1.37. The summed E-state index contributed by atoms with van der Waals surface area (Å²) in [5.74, 6) is 0. The zero-order valence-corrected chi connectivity index (χ0v) is 8.83. The minimum atomic E-state index is -0.263. The van der Waals surface area contributed by atoms with E-state index in [2.05, 4.69) is 26.0 Å². The summed E-state index contributed by atoms with van der Waals surface area (Å²) in [5.41, 5.74) is 0.809. The average molecular weight is 256 g/mol. The van der Waals surface area contributed by atoms with Crippen LogP contribution in [-0.2, 0) is 0 Å². The monoisotopic (exact) mass is 255 g/mol. The van der Waals surface area contributed by atoms with E-state index in [0.29, 0.717) is 15.0 Å². The molecule has 14 heavy (non-hydrogen) atoms. The maximum atomic E-state index is 11.1. The van der Waals surface area contributed by atoms with Gasteiger partial charge in [-0.2, -0.15) is 0 Å². The van der Waals surface area contributed by atoms with Crippen molar-refractivity contribution in [1.82, 2.24) is 10.1 Å². The smallest absolute Gasteiger partial charge is 0.249 e. The van der Waals surface area contributed by atoms with Gasteiger partial charge in [0, 0.05) is 16.6 Å². The maximum absolute atomic E-state index is 11.1. The molecule has 0 radical (unpaired) electrons. The predicted octanol–water partition coefficient (Wildman–Crippen LogP) is 0.627. The molecule has 72 valence electrons. The number of aryl methyl sites for hydroxylation is 1. The van der Waals surface area contributed by atoms with Gasteiger partial charge in [0.15, 0.2) is 0 Å². The van der Waals surface area contributed by atoms with Crippen molar-refractivity contribution in [2.75, 3.05) is 0 Å². The second-order valence-electron chi connectivity index (χ2n) is 2.92.